The standard InChI is InChI=1S/C17H16N4O/c22-17(20-10-8-15-3-1-2-9-19-15)14-4-6-16(7-5-14)21-12-11-18-13-21/h1-7,9,11-13H,8,10H2,(H,20,22). The van der Waals surface area contributed by atoms with Crippen LogP contribution < -0.4 is 5.32 Å². The third-order valence-corrected chi connectivity index (χ3v) is 3.32. The maximum absolute atomic E-state index is 12.1. The molecule has 2 heterocycles. The Balaban J connectivity index is 1.56. The second-order valence-electron chi connectivity index (χ2n) is 4.84. The van der Waals surface area contributed by atoms with Crippen LogP contribution in [-0.4, -0.2) is 27.0 Å². The van der Waals surface area contributed by atoms with E-state index >= 15 is 0 Å². The van der Waals surface area contributed by atoms with E-state index in [9.17, 15) is 4.79 Å². The second-order valence-corrected chi connectivity index (χ2v) is 4.84. The number of carbonyl (C=O) groups excluding carboxylic acids is 1. The largest absolute Gasteiger partial charge is 0.352 e. The molecule has 3 rings (SSSR count). The van der Waals surface area contributed by atoms with E-state index in [4.69, 9.17) is 0 Å². The molecule has 1 amide bonds. The molecule has 5 nitrogen and oxygen atoms in total. The zero-order chi connectivity index (χ0) is 15.2. The SMILES string of the molecule is O=C(NCCc1ccccn1)c1ccc(-n2ccnc2)cc1. The Hall–Kier alpha value is -2.95. The maximum Gasteiger partial charge on any atom is 0.251 e. The third-order valence-electron chi connectivity index (χ3n) is 3.32. The zero-order valence-electron chi connectivity index (χ0n) is 12.0. The van der Waals surface area contributed by atoms with Crippen LogP contribution in [-0.2, 0) is 6.42 Å². The summed E-state index contributed by atoms with van der Waals surface area (Å²) in [5.74, 6) is -0.0758. The van der Waals surface area contributed by atoms with Crippen LogP contribution in [0.15, 0.2) is 67.4 Å². The smallest absolute Gasteiger partial charge is 0.251 e. The van der Waals surface area contributed by atoms with Gasteiger partial charge < -0.3 is 9.88 Å². The molecule has 110 valence electrons. The molecular weight excluding hydrogens is 276 g/mol. The number of aromatic nitrogens is 3. The number of hydrogen-bond acceptors (Lipinski definition) is 3. The van der Waals surface area contributed by atoms with Gasteiger partial charge in [-0.2, -0.15) is 0 Å². The normalized spacial score (nSPS) is 10.4. The van der Waals surface area contributed by atoms with Crippen LogP contribution in [0.1, 0.15) is 16.1 Å². The van der Waals surface area contributed by atoms with Crippen molar-refractivity contribution in [2.45, 2.75) is 6.42 Å². The van der Waals surface area contributed by atoms with Gasteiger partial charge in [0.25, 0.3) is 5.91 Å². The monoisotopic (exact) mass is 292 g/mol. The third kappa shape index (κ3) is 3.38. The van der Waals surface area contributed by atoms with E-state index in [0.717, 1.165) is 17.8 Å². The summed E-state index contributed by atoms with van der Waals surface area (Å²) in [6.45, 7) is 0.569. The van der Waals surface area contributed by atoms with Crippen LogP contribution in [0.2, 0.25) is 0 Å². The summed E-state index contributed by atoms with van der Waals surface area (Å²) in [7, 11) is 0. The topological polar surface area (TPSA) is 59.8 Å². The van der Waals surface area contributed by atoms with Crippen LogP contribution in [0.25, 0.3) is 5.69 Å². The van der Waals surface area contributed by atoms with Crippen LogP contribution in [0.4, 0.5) is 0 Å². The van der Waals surface area contributed by atoms with E-state index in [-0.39, 0.29) is 5.91 Å². The number of rotatable bonds is 5. The minimum absolute atomic E-state index is 0.0758. The Morgan fingerprint density at radius 2 is 1.95 bits per heavy atom. The maximum atomic E-state index is 12.1. The first-order valence-corrected chi connectivity index (χ1v) is 7.09. The summed E-state index contributed by atoms with van der Waals surface area (Å²) >= 11 is 0. The number of amides is 1. The first-order chi connectivity index (χ1) is 10.8. The predicted molar refractivity (Wildman–Crippen MR) is 83.8 cm³/mol. The summed E-state index contributed by atoms with van der Waals surface area (Å²) < 4.78 is 1.89. The number of nitrogens with zero attached hydrogens (tertiary/aromatic N) is 3. The highest BCUT2D eigenvalue weighted by Crippen LogP contribution is 2.09. The fourth-order valence-corrected chi connectivity index (χ4v) is 2.15. The van der Waals surface area contributed by atoms with Crippen molar-refractivity contribution in [2.24, 2.45) is 0 Å². The van der Waals surface area contributed by atoms with Crippen molar-refractivity contribution in [1.29, 1.82) is 0 Å². The molecule has 5 heteroatoms. The van der Waals surface area contributed by atoms with Gasteiger partial charge in [0, 0.05) is 48.5 Å². The van der Waals surface area contributed by atoms with Gasteiger partial charge in [-0.15, -0.1) is 0 Å². The molecule has 0 radical (unpaired) electrons. The Morgan fingerprint density at radius 3 is 2.64 bits per heavy atom. The van der Waals surface area contributed by atoms with E-state index in [2.05, 4.69) is 15.3 Å². The van der Waals surface area contributed by atoms with Gasteiger partial charge in [-0.25, -0.2) is 4.98 Å². The molecule has 22 heavy (non-hydrogen) atoms. The van der Waals surface area contributed by atoms with Gasteiger partial charge in [-0.3, -0.25) is 9.78 Å². The Labute approximate surface area is 128 Å². The van der Waals surface area contributed by atoms with Crippen molar-refractivity contribution in [2.75, 3.05) is 6.54 Å². The van der Waals surface area contributed by atoms with E-state index in [1.54, 1.807) is 18.7 Å². The van der Waals surface area contributed by atoms with Gasteiger partial charge >= 0.3 is 0 Å². The van der Waals surface area contributed by atoms with Gasteiger partial charge in [-0.05, 0) is 36.4 Å². The quantitative estimate of drug-likeness (QED) is 0.784. The minimum atomic E-state index is -0.0758. The highest BCUT2D eigenvalue weighted by Gasteiger charge is 2.05. The van der Waals surface area contributed by atoms with E-state index in [1.165, 1.54) is 0 Å². The summed E-state index contributed by atoms with van der Waals surface area (Å²) in [4.78, 5) is 20.3. The molecule has 1 N–H and O–H groups in total. The highest BCUT2D eigenvalue weighted by atomic mass is 16.1. The van der Waals surface area contributed by atoms with Crippen molar-refractivity contribution in [1.82, 2.24) is 19.9 Å². The number of pyridine rings is 1. The number of imidazole rings is 1. The fraction of sp³-hybridized carbons (Fsp3) is 0.118. The highest BCUT2D eigenvalue weighted by molar-refractivity contribution is 5.94. The van der Waals surface area contributed by atoms with Crippen molar-refractivity contribution in [3.05, 3.63) is 78.6 Å². The van der Waals surface area contributed by atoms with Crippen LogP contribution in [0, 0.1) is 0 Å². The summed E-state index contributed by atoms with van der Waals surface area (Å²) in [5, 5.41) is 2.90. The first kappa shape index (κ1) is 14.0. The van der Waals surface area contributed by atoms with Gasteiger partial charge in [0.05, 0.1) is 6.33 Å². The molecule has 0 unspecified atom stereocenters. The van der Waals surface area contributed by atoms with E-state index in [1.807, 2.05) is 53.2 Å². The molecule has 1 aromatic carbocycles. The number of hydrogen-bond donors (Lipinski definition) is 1. The van der Waals surface area contributed by atoms with Crippen molar-refractivity contribution >= 4 is 5.91 Å². The van der Waals surface area contributed by atoms with Gasteiger partial charge in [0.15, 0.2) is 0 Å². The number of nitrogens with one attached hydrogen (secondary N) is 1. The molecule has 0 aliphatic carbocycles. The Kier molecular flexibility index (Phi) is 4.25. The lowest BCUT2D eigenvalue weighted by Gasteiger charge is -2.06. The van der Waals surface area contributed by atoms with Gasteiger partial charge in [-0.1, -0.05) is 6.07 Å². The minimum Gasteiger partial charge on any atom is -0.352 e. The van der Waals surface area contributed by atoms with Crippen molar-refractivity contribution < 1.29 is 4.79 Å². The molecular formula is C17H16N4O. The summed E-state index contributed by atoms with van der Waals surface area (Å²) in [6.07, 6.45) is 7.79. The van der Waals surface area contributed by atoms with E-state index < -0.39 is 0 Å². The lowest BCUT2D eigenvalue weighted by Crippen LogP contribution is -2.25. The molecule has 0 spiro atoms. The molecule has 0 atom stereocenters. The number of carbonyl (C=O) groups is 1. The van der Waals surface area contributed by atoms with Crippen molar-refractivity contribution in [3.63, 3.8) is 0 Å². The van der Waals surface area contributed by atoms with Gasteiger partial charge in [0.2, 0.25) is 0 Å². The average Bonchev–Trinajstić information content (AvgIpc) is 3.10. The summed E-state index contributed by atoms with van der Waals surface area (Å²) in [5.41, 5.74) is 2.59. The van der Waals surface area contributed by atoms with Gasteiger partial charge in [0.1, 0.15) is 0 Å². The first-order valence-electron chi connectivity index (χ1n) is 7.09. The lowest BCUT2D eigenvalue weighted by molar-refractivity contribution is 0.0954. The fourth-order valence-electron chi connectivity index (χ4n) is 2.15. The zero-order valence-corrected chi connectivity index (χ0v) is 12.0. The lowest BCUT2D eigenvalue weighted by atomic mass is 10.2. The van der Waals surface area contributed by atoms with Crippen molar-refractivity contribution in [3.8, 4) is 5.69 Å². The molecule has 0 aliphatic rings. The number of benzene rings is 1. The van der Waals surface area contributed by atoms with Crippen LogP contribution in [0.3, 0.4) is 0 Å². The molecule has 0 saturated heterocycles. The summed E-state index contributed by atoms with van der Waals surface area (Å²) in [6, 6.07) is 13.2. The van der Waals surface area contributed by atoms with Crippen LogP contribution >= 0.6 is 0 Å². The molecule has 2 aromatic heterocycles. The Bertz CT molecular complexity index is 721. The van der Waals surface area contributed by atoms with E-state index in [0.29, 0.717) is 12.1 Å². The molecule has 0 fully saturated rings. The second kappa shape index (κ2) is 6.67. The predicted octanol–water partition coefficient (Wildman–Crippen LogP) is 2.24. The molecule has 0 aliphatic heterocycles. The molecule has 0 saturated carbocycles. The van der Waals surface area contributed by atoms with Crippen LogP contribution in [0.5, 0.6) is 0 Å². The molecule has 3 aromatic rings. The average molecular weight is 292 g/mol. The molecule has 0 bridgehead atoms. The Morgan fingerprint density at radius 1 is 1.09 bits per heavy atom.